The molecule has 2 N–H and O–H groups in total. The van der Waals surface area contributed by atoms with Crippen LogP contribution in [0.25, 0.3) is 0 Å². The first-order valence-corrected chi connectivity index (χ1v) is 5.84. The Morgan fingerprint density at radius 1 is 1.56 bits per heavy atom. The predicted molar refractivity (Wildman–Crippen MR) is 59.2 cm³/mol. The molecule has 3 atom stereocenters. The number of rotatable bonds is 3. The van der Waals surface area contributed by atoms with Gasteiger partial charge >= 0.3 is 0 Å². The average Bonchev–Trinajstić information content (AvgIpc) is 2.87. The summed E-state index contributed by atoms with van der Waals surface area (Å²) in [6.45, 7) is 4.10. The van der Waals surface area contributed by atoms with Gasteiger partial charge in [0.15, 0.2) is 0 Å². The van der Waals surface area contributed by atoms with Crippen molar-refractivity contribution >= 4 is 5.91 Å². The summed E-state index contributed by atoms with van der Waals surface area (Å²) in [6, 6.07) is 0.0542. The van der Waals surface area contributed by atoms with Crippen LogP contribution in [0.3, 0.4) is 0 Å². The number of hydrogen-bond donors (Lipinski definition) is 2. The van der Waals surface area contributed by atoms with E-state index in [2.05, 4.69) is 10.6 Å². The molecule has 0 bridgehead atoms. The van der Waals surface area contributed by atoms with E-state index < -0.39 is 5.60 Å². The normalized spacial score (nSPS) is 38.9. The lowest BCUT2D eigenvalue weighted by Crippen LogP contribution is -2.52. The number of ether oxygens (including phenoxy) is 2. The van der Waals surface area contributed by atoms with Gasteiger partial charge in [-0.05, 0) is 19.8 Å². The molecule has 2 aliphatic heterocycles. The molecule has 0 aliphatic carbocycles. The number of carbonyl (C=O) groups is 1. The molecule has 5 nitrogen and oxygen atoms in total. The zero-order chi connectivity index (χ0) is 11.6. The fraction of sp³-hybridized carbons (Fsp3) is 0.909. The topological polar surface area (TPSA) is 59.6 Å². The summed E-state index contributed by atoms with van der Waals surface area (Å²) >= 11 is 0. The van der Waals surface area contributed by atoms with Crippen LogP contribution in [0.15, 0.2) is 0 Å². The third kappa shape index (κ3) is 2.21. The molecule has 2 heterocycles. The van der Waals surface area contributed by atoms with E-state index in [0.29, 0.717) is 6.61 Å². The Hall–Kier alpha value is -0.650. The summed E-state index contributed by atoms with van der Waals surface area (Å²) in [7, 11) is 1.67. The van der Waals surface area contributed by atoms with Crippen LogP contribution in [-0.4, -0.2) is 50.5 Å². The van der Waals surface area contributed by atoms with Gasteiger partial charge in [-0.2, -0.15) is 0 Å². The standard InChI is InChI=1S/C11H20N2O3/c1-11(4-3-5-16-11)10(14)13-8-6-12-7-9(8)15-2/h8-9,12H,3-7H2,1-2H3,(H,13,14)/t8?,9-,11?/m0/s1. The van der Waals surface area contributed by atoms with Gasteiger partial charge in [-0.3, -0.25) is 4.79 Å². The molecule has 0 radical (unpaired) electrons. The van der Waals surface area contributed by atoms with Crippen molar-refractivity contribution in [1.82, 2.24) is 10.6 Å². The van der Waals surface area contributed by atoms with Crippen molar-refractivity contribution in [3.8, 4) is 0 Å². The van der Waals surface area contributed by atoms with Crippen LogP contribution in [0, 0.1) is 0 Å². The first-order chi connectivity index (χ1) is 7.65. The Morgan fingerprint density at radius 2 is 2.38 bits per heavy atom. The SMILES string of the molecule is CO[C@H]1CNCC1NC(=O)C1(C)CCCO1. The molecule has 1 amide bonds. The van der Waals surface area contributed by atoms with Gasteiger partial charge in [-0.1, -0.05) is 0 Å². The molecule has 2 fully saturated rings. The van der Waals surface area contributed by atoms with Crippen LogP contribution in [0.5, 0.6) is 0 Å². The van der Waals surface area contributed by atoms with E-state index >= 15 is 0 Å². The van der Waals surface area contributed by atoms with Crippen molar-refractivity contribution in [2.75, 3.05) is 26.8 Å². The number of carbonyl (C=O) groups excluding carboxylic acids is 1. The van der Waals surface area contributed by atoms with Gasteiger partial charge in [0.05, 0.1) is 12.1 Å². The van der Waals surface area contributed by atoms with E-state index in [9.17, 15) is 4.79 Å². The minimum absolute atomic E-state index is 0.0132. The maximum atomic E-state index is 12.1. The van der Waals surface area contributed by atoms with Crippen LogP contribution in [0.2, 0.25) is 0 Å². The smallest absolute Gasteiger partial charge is 0.252 e. The van der Waals surface area contributed by atoms with Crippen molar-refractivity contribution in [1.29, 1.82) is 0 Å². The Morgan fingerprint density at radius 3 is 3.00 bits per heavy atom. The Labute approximate surface area is 95.9 Å². The monoisotopic (exact) mass is 228 g/mol. The summed E-state index contributed by atoms with van der Waals surface area (Å²) < 4.78 is 10.8. The lowest BCUT2D eigenvalue weighted by Gasteiger charge is -2.26. The highest BCUT2D eigenvalue weighted by Crippen LogP contribution is 2.25. The van der Waals surface area contributed by atoms with Crippen LogP contribution in [0.4, 0.5) is 0 Å². The highest BCUT2D eigenvalue weighted by atomic mass is 16.5. The molecular weight excluding hydrogens is 208 g/mol. The average molecular weight is 228 g/mol. The van der Waals surface area contributed by atoms with Crippen LogP contribution >= 0.6 is 0 Å². The minimum Gasteiger partial charge on any atom is -0.378 e. The number of methoxy groups -OCH3 is 1. The van der Waals surface area contributed by atoms with Crippen molar-refractivity contribution in [3.05, 3.63) is 0 Å². The zero-order valence-corrected chi connectivity index (χ0v) is 9.91. The second-order valence-electron chi connectivity index (χ2n) is 4.70. The maximum absolute atomic E-state index is 12.1. The second kappa shape index (κ2) is 4.69. The van der Waals surface area contributed by atoms with Crippen LogP contribution in [-0.2, 0) is 14.3 Å². The van der Waals surface area contributed by atoms with E-state index in [1.807, 2.05) is 6.92 Å². The predicted octanol–water partition coefficient (Wildman–Crippen LogP) is -0.341. The maximum Gasteiger partial charge on any atom is 0.252 e. The molecule has 92 valence electrons. The number of amides is 1. The summed E-state index contributed by atoms with van der Waals surface area (Å²) in [5, 5.41) is 6.21. The van der Waals surface area contributed by atoms with Gasteiger partial charge in [0.2, 0.25) is 0 Å². The van der Waals surface area contributed by atoms with Crippen molar-refractivity contribution in [2.45, 2.75) is 37.5 Å². The van der Waals surface area contributed by atoms with Gasteiger partial charge in [-0.25, -0.2) is 0 Å². The quantitative estimate of drug-likeness (QED) is 0.694. The van der Waals surface area contributed by atoms with Gasteiger partial charge in [0.1, 0.15) is 5.60 Å². The molecule has 0 saturated carbocycles. The number of nitrogens with one attached hydrogen (secondary N) is 2. The molecule has 2 saturated heterocycles. The molecule has 0 aromatic rings. The fourth-order valence-corrected chi connectivity index (χ4v) is 2.33. The lowest BCUT2D eigenvalue weighted by atomic mass is 10.0. The molecule has 0 spiro atoms. The van der Waals surface area contributed by atoms with Gasteiger partial charge in [0, 0.05) is 26.8 Å². The highest BCUT2D eigenvalue weighted by Gasteiger charge is 2.40. The Balaban J connectivity index is 1.91. The molecule has 16 heavy (non-hydrogen) atoms. The third-order valence-corrected chi connectivity index (χ3v) is 3.48. The second-order valence-corrected chi connectivity index (χ2v) is 4.70. The van der Waals surface area contributed by atoms with E-state index in [0.717, 1.165) is 25.9 Å². The summed E-state index contributed by atoms with van der Waals surface area (Å²) in [4.78, 5) is 12.1. The molecular formula is C11H20N2O3. The summed E-state index contributed by atoms with van der Waals surface area (Å²) in [6.07, 6.45) is 1.82. The summed E-state index contributed by atoms with van der Waals surface area (Å²) in [5.41, 5.74) is -0.638. The van der Waals surface area contributed by atoms with Crippen LogP contribution < -0.4 is 10.6 Å². The zero-order valence-electron chi connectivity index (χ0n) is 9.91. The van der Waals surface area contributed by atoms with Crippen molar-refractivity contribution < 1.29 is 14.3 Å². The molecule has 0 aromatic carbocycles. The number of hydrogen-bond acceptors (Lipinski definition) is 4. The summed E-state index contributed by atoms with van der Waals surface area (Å²) in [5.74, 6) is -0.0132. The fourth-order valence-electron chi connectivity index (χ4n) is 2.33. The first kappa shape index (κ1) is 11.8. The molecule has 5 heteroatoms. The van der Waals surface area contributed by atoms with Gasteiger partial charge in [-0.15, -0.1) is 0 Å². The molecule has 2 aliphatic rings. The van der Waals surface area contributed by atoms with Crippen molar-refractivity contribution in [2.24, 2.45) is 0 Å². The Bertz CT molecular complexity index is 264. The van der Waals surface area contributed by atoms with Gasteiger partial charge < -0.3 is 20.1 Å². The molecule has 0 aromatic heterocycles. The van der Waals surface area contributed by atoms with Crippen LogP contribution in [0.1, 0.15) is 19.8 Å². The van der Waals surface area contributed by atoms with E-state index in [1.165, 1.54) is 0 Å². The lowest BCUT2D eigenvalue weighted by molar-refractivity contribution is -0.140. The van der Waals surface area contributed by atoms with E-state index in [1.54, 1.807) is 7.11 Å². The van der Waals surface area contributed by atoms with Gasteiger partial charge in [0.25, 0.3) is 5.91 Å². The molecule has 2 unspecified atom stereocenters. The van der Waals surface area contributed by atoms with E-state index in [4.69, 9.17) is 9.47 Å². The molecule has 2 rings (SSSR count). The third-order valence-electron chi connectivity index (χ3n) is 3.48. The van der Waals surface area contributed by atoms with E-state index in [-0.39, 0.29) is 18.1 Å². The largest absolute Gasteiger partial charge is 0.378 e. The highest BCUT2D eigenvalue weighted by molar-refractivity contribution is 5.85. The first-order valence-electron chi connectivity index (χ1n) is 5.84. The Kier molecular flexibility index (Phi) is 3.47. The minimum atomic E-state index is -0.638. The van der Waals surface area contributed by atoms with Crippen molar-refractivity contribution in [3.63, 3.8) is 0 Å².